The lowest BCUT2D eigenvalue weighted by Gasteiger charge is -2.42. The molecule has 0 saturated carbocycles. The minimum atomic E-state index is -0.874. The molecule has 3 atom stereocenters. The first-order chi connectivity index (χ1) is 9.20. The Morgan fingerprint density at radius 1 is 1.40 bits per heavy atom. The highest BCUT2D eigenvalue weighted by Crippen LogP contribution is 2.38. The SMILES string of the molecule is CC(C)(C)OC(=O)NC1(CC(=O)O)CCN2CCC1C2. The Kier molecular flexibility index (Phi) is 3.95. The van der Waals surface area contributed by atoms with Crippen LogP contribution in [-0.4, -0.2) is 52.8 Å². The highest BCUT2D eigenvalue weighted by molar-refractivity contribution is 5.73. The van der Waals surface area contributed by atoms with E-state index < -0.39 is 23.2 Å². The van der Waals surface area contributed by atoms with Gasteiger partial charge in [-0.15, -0.1) is 0 Å². The van der Waals surface area contributed by atoms with E-state index in [2.05, 4.69) is 10.2 Å². The second kappa shape index (κ2) is 5.24. The van der Waals surface area contributed by atoms with Gasteiger partial charge >= 0.3 is 12.1 Å². The summed E-state index contributed by atoms with van der Waals surface area (Å²) in [6.07, 6.45) is 1.05. The van der Waals surface area contributed by atoms with E-state index in [0.717, 1.165) is 26.1 Å². The normalized spacial score (nSPS) is 32.8. The molecule has 0 aliphatic carbocycles. The Labute approximate surface area is 119 Å². The lowest BCUT2D eigenvalue weighted by Crippen LogP contribution is -2.59. The first-order valence-electron chi connectivity index (χ1n) is 7.15. The van der Waals surface area contributed by atoms with Crippen LogP contribution >= 0.6 is 0 Å². The minimum Gasteiger partial charge on any atom is -0.481 e. The number of aliphatic carboxylic acids is 1. The molecule has 6 nitrogen and oxygen atoms in total. The molecule has 20 heavy (non-hydrogen) atoms. The van der Waals surface area contributed by atoms with Crippen molar-refractivity contribution < 1.29 is 19.4 Å². The van der Waals surface area contributed by atoms with E-state index in [0.29, 0.717) is 6.42 Å². The van der Waals surface area contributed by atoms with E-state index in [1.165, 1.54) is 0 Å². The number of nitrogens with zero attached hydrogens (tertiary/aromatic N) is 1. The van der Waals surface area contributed by atoms with Crippen LogP contribution in [0, 0.1) is 5.92 Å². The molecule has 3 unspecified atom stereocenters. The Morgan fingerprint density at radius 3 is 2.70 bits per heavy atom. The molecule has 2 fully saturated rings. The summed E-state index contributed by atoms with van der Waals surface area (Å²) in [7, 11) is 0. The Hall–Kier alpha value is -1.30. The number of hydrogen-bond donors (Lipinski definition) is 2. The molecule has 0 aromatic heterocycles. The molecule has 2 aliphatic heterocycles. The number of carboxylic acids is 1. The summed E-state index contributed by atoms with van der Waals surface area (Å²) >= 11 is 0. The largest absolute Gasteiger partial charge is 0.481 e. The van der Waals surface area contributed by atoms with Crippen LogP contribution in [0.4, 0.5) is 4.79 Å². The predicted molar refractivity (Wildman–Crippen MR) is 73.5 cm³/mol. The summed E-state index contributed by atoms with van der Waals surface area (Å²) in [6.45, 7) is 8.09. The zero-order valence-corrected chi connectivity index (χ0v) is 12.4. The molecular weight excluding hydrogens is 260 g/mol. The fraction of sp³-hybridized carbons (Fsp3) is 0.857. The van der Waals surface area contributed by atoms with E-state index in [4.69, 9.17) is 4.74 Å². The molecule has 2 aliphatic rings. The summed E-state index contributed by atoms with van der Waals surface area (Å²) in [5, 5.41) is 12.1. The van der Waals surface area contributed by atoms with Gasteiger partial charge in [0, 0.05) is 13.1 Å². The van der Waals surface area contributed by atoms with Gasteiger partial charge in [-0.2, -0.15) is 0 Å². The Balaban J connectivity index is 2.11. The number of amides is 1. The summed E-state index contributed by atoms with van der Waals surface area (Å²) < 4.78 is 5.30. The predicted octanol–water partition coefficient (Wildman–Crippen LogP) is 1.45. The quantitative estimate of drug-likeness (QED) is 0.820. The van der Waals surface area contributed by atoms with Crippen molar-refractivity contribution in [2.45, 2.75) is 51.2 Å². The smallest absolute Gasteiger partial charge is 0.408 e. The molecule has 2 bridgehead atoms. The van der Waals surface area contributed by atoms with Gasteiger partial charge in [-0.05, 0) is 46.1 Å². The average molecular weight is 284 g/mol. The van der Waals surface area contributed by atoms with E-state index in [-0.39, 0.29) is 12.3 Å². The molecule has 2 N–H and O–H groups in total. The first kappa shape index (κ1) is 15.1. The maximum atomic E-state index is 12.0. The highest BCUT2D eigenvalue weighted by Gasteiger charge is 2.48. The topological polar surface area (TPSA) is 78.9 Å². The molecule has 2 heterocycles. The van der Waals surface area contributed by atoms with Gasteiger partial charge < -0.3 is 20.1 Å². The van der Waals surface area contributed by atoms with Gasteiger partial charge in [-0.3, -0.25) is 4.79 Å². The molecule has 0 aromatic carbocycles. The molecule has 2 saturated heterocycles. The fourth-order valence-corrected chi connectivity index (χ4v) is 3.27. The van der Waals surface area contributed by atoms with Crippen LogP contribution in [0.15, 0.2) is 0 Å². The molecular formula is C14H24N2O4. The lowest BCUT2D eigenvalue weighted by molar-refractivity contribution is -0.139. The minimum absolute atomic E-state index is 0.0370. The summed E-state index contributed by atoms with van der Waals surface area (Å²) in [5.74, 6) is -0.679. The zero-order chi connectivity index (χ0) is 15.0. The van der Waals surface area contributed by atoms with Gasteiger partial charge in [0.15, 0.2) is 0 Å². The molecule has 6 heteroatoms. The zero-order valence-electron chi connectivity index (χ0n) is 12.4. The van der Waals surface area contributed by atoms with E-state index in [1.807, 2.05) is 0 Å². The Bertz CT molecular complexity index is 404. The van der Waals surface area contributed by atoms with Gasteiger partial charge in [-0.25, -0.2) is 4.79 Å². The van der Waals surface area contributed by atoms with E-state index >= 15 is 0 Å². The number of carbonyl (C=O) groups is 2. The monoisotopic (exact) mass is 284 g/mol. The maximum Gasteiger partial charge on any atom is 0.408 e. The van der Waals surface area contributed by atoms with Crippen molar-refractivity contribution in [3.05, 3.63) is 0 Å². The number of rotatable bonds is 3. The molecule has 0 spiro atoms. The number of ether oxygens (including phenoxy) is 1. The van der Waals surface area contributed by atoms with Crippen LogP contribution in [0.2, 0.25) is 0 Å². The molecule has 1 amide bonds. The molecule has 0 radical (unpaired) electrons. The van der Waals surface area contributed by atoms with E-state index in [1.54, 1.807) is 20.8 Å². The van der Waals surface area contributed by atoms with Gasteiger partial charge in [0.25, 0.3) is 0 Å². The van der Waals surface area contributed by atoms with Gasteiger partial charge in [0.2, 0.25) is 0 Å². The number of alkyl carbamates (subject to hydrolysis) is 1. The first-order valence-corrected chi connectivity index (χ1v) is 7.15. The van der Waals surface area contributed by atoms with Gasteiger partial charge in [0.1, 0.15) is 5.60 Å². The van der Waals surface area contributed by atoms with E-state index in [9.17, 15) is 14.7 Å². The van der Waals surface area contributed by atoms with Crippen molar-refractivity contribution in [1.29, 1.82) is 0 Å². The summed E-state index contributed by atoms with van der Waals surface area (Å²) in [4.78, 5) is 25.6. The summed E-state index contributed by atoms with van der Waals surface area (Å²) in [6, 6.07) is 0. The number of carbonyl (C=O) groups excluding carboxylic acids is 1. The third-order valence-electron chi connectivity index (χ3n) is 4.14. The molecule has 114 valence electrons. The lowest BCUT2D eigenvalue weighted by atomic mass is 9.76. The number of hydrogen-bond acceptors (Lipinski definition) is 4. The second-order valence-corrected chi connectivity index (χ2v) is 6.89. The third-order valence-corrected chi connectivity index (χ3v) is 4.14. The Morgan fingerprint density at radius 2 is 2.10 bits per heavy atom. The number of nitrogens with one attached hydrogen (secondary N) is 1. The highest BCUT2D eigenvalue weighted by atomic mass is 16.6. The number of carboxylic acid groups (broad SMARTS) is 1. The second-order valence-electron chi connectivity index (χ2n) is 6.89. The van der Waals surface area contributed by atoms with Crippen LogP contribution < -0.4 is 5.32 Å². The maximum absolute atomic E-state index is 12.0. The molecule has 2 rings (SSSR count). The van der Waals surface area contributed by atoms with Gasteiger partial charge in [0.05, 0.1) is 12.0 Å². The van der Waals surface area contributed by atoms with Crippen molar-refractivity contribution >= 4 is 12.1 Å². The van der Waals surface area contributed by atoms with Crippen molar-refractivity contribution in [1.82, 2.24) is 10.2 Å². The van der Waals surface area contributed by atoms with Crippen LogP contribution in [0.25, 0.3) is 0 Å². The van der Waals surface area contributed by atoms with Crippen LogP contribution in [0.3, 0.4) is 0 Å². The third kappa shape index (κ3) is 3.42. The van der Waals surface area contributed by atoms with Crippen molar-refractivity contribution in [2.24, 2.45) is 5.92 Å². The summed E-state index contributed by atoms with van der Waals surface area (Å²) in [5.41, 5.74) is -1.24. The number of fused-ring (bicyclic) bond motifs is 2. The van der Waals surface area contributed by atoms with Crippen molar-refractivity contribution in [2.75, 3.05) is 19.6 Å². The van der Waals surface area contributed by atoms with Crippen LogP contribution in [-0.2, 0) is 9.53 Å². The van der Waals surface area contributed by atoms with Gasteiger partial charge in [-0.1, -0.05) is 0 Å². The standard InChI is InChI=1S/C14H24N2O4/c1-13(2,3)20-12(19)15-14(8-11(17)18)5-7-16-6-4-10(14)9-16/h10H,4-9H2,1-3H3,(H,15,19)(H,17,18). The van der Waals surface area contributed by atoms with Crippen molar-refractivity contribution in [3.63, 3.8) is 0 Å². The molecule has 0 aromatic rings. The average Bonchev–Trinajstić information content (AvgIpc) is 2.65. The van der Waals surface area contributed by atoms with Crippen LogP contribution in [0.1, 0.15) is 40.0 Å². The number of piperidine rings is 1. The van der Waals surface area contributed by atoms with Crippen molar-refractivity contribution in [3.8, 4) is 0 Å². The van der Waals surface area contributed by atoms with Crippen LogP contribution in [0.5, 0.6) is 0 Å². The fourth-order valence-electron chi connectivity index (χ4n) is 3.27.